The zero-order valence-electron chi connectivity index (χ0n) is 7.36. The maximum atomic E-state index is 6.18. The molecule has 13 heavy (non-hydrogen) atoms. The van der Waals surface area contributed by atoms with Gasteiger partial charge in [0.05, 0.1) is 5.54 Å². The van der Waals surface area contributed by atoms with Crippen molar-refractivity contribution in [3.05, 3.63) is 30.1 Å². The number of aromatic nitrogens is 1. The monoisotopic (exact) mass is 199 g/mol. The fourth-order valence-corrected chi connectivity index (χ4v) is 1.61. The van der Waals surface area contributed by atoms with Crippen molar-refractivity contribution in [3.8, 4) is 0 Å². The number of nitrogens with one attached hydrogen (secondary N) is 1. The van der Waals surface area contributed by atoms with E-state index in [9.17, 15) is 0 Å². The molecule has 0 saturated carbocycles. The van der Waals surface area contributed by atoms with E-state index in [1.165, 1.54) is 0 Å². The number of rotatable bonds is 1. The maximum absolute atomic E-state index is 6.18. The number of nitrogens with two attached hydrogens (primary N) is 1. The Labute approximate surface area is 84.1 Å². The van der Waals surface area contributed by atoms with Crippen LogP contribution in [0.15, 0.2) is 24.5 Å². The van der Waals surface area contributed by atoms with Crippen LogP contribution in [0.1, 0.15) is 12.0 Å². The summed E-state index contributed by atoms with van der Waals surface area (Å²) in [4.78, 5) is 4.07. The molecule has 4 heteroatoms. The fourth-order valence-electron chi connectivity index (χ4n) is 1.61. The van der Waals surface area contributed by atoms with Gasteiger partial charge in [-0.15, -0.1) is 12.4 Å². The molecule has 1 aromatic heterocycles. The van der Waals surface area contributed by atoms with E-state index in [1.807, 2.05) is 18.3 Å². The first kappa shape index (κ1) is 10.4. The van der Waals surface area contributed by atoms with Crippen LogP contribution in [-0.4, -0.2) is 18.1 Å². The van der Waals surface area contributed by atoms with Crippen LogP contribution in [0.25, 0.3) is 0 Å². The topological polar surface area (TPSA) is 50.9 Å². The molecule has 1 aromatic rings. The summed E-state index contributed by atoms with van der Waals surface area (Å²) < 4.78 is 0. The van der Waals surface area contributed by atoms with E-state index >= 15 is 0 Å². The molecule has 3 N–H and O–H groups in total. The van der Waals surface area contributed by atoms with Crippen molar-refractivity contribution in [3.63, 3.8) is 0 Å². The Bertz CT molecular complexity index is 257. The zero-order valence-corrected chi connectivity index (χ0v) is 8.18. The Balaban J connectivity index is 0.000000845. The van der Waals surface area contributed by atoms with E-state index in [1.54, 1.807) is 6.20 Å². The maximum Gasteiger partial charge on any atom is 0.0563 e. The van der Waals surface area contributed by atoms with Crippen LogP contribution in [-0.2, 0) is 5.54 Å². The largest absolute Gasteiger partial charge is 0.320 e. The van der Waals surface area contributed by atoms with Crippen molar-refractivity contribution in [2.24, 2.45) is 5.73 Å². The van der Waals surface area contributed by atoms with Crippen LogP contribution in [0.2, 0.25) is 0 Å². The molecule has 3 nitrogen and oxygen atoms in total. The molecule has 1 fully saturated rings. The van der Waals surface area contributed by atoms with Crippen LogP contribution in [0.5, 0.6) is 0 Å². The molecule has 2 rings (SSSR count). The van der Waals surface area contributed by atoms with E-state index in [2.05, 4.69) is 10.3 Å². The molecule has 72 valence electrons. The Morgan fingerprint density at radius 2 is 2.38 bits per heavy atom. The van der Waals surface area contributed by atoms with E-state index in [0.717, 1.165) is 25.1 Å². The quantitative estimate of drug-likeness (QED) is 0.699. The van der Waals surface area contributed by atoms with Crippen LogP contribution in [0.3, 0.4) is 0 Å². The molecule has 1 aliphatic heterocycles. The fraction of sp³-hybridized carbons (Fsp3) is 0.444. The second kappa shape index (κ2) is 4.05. The lowest BCUT2D eigenvalue weighted by molar-refractivity contribution is 0.492. The molecule has 1 saturated heterocycles. The molecule has 0 amide bonds. The van der Waals surface area contributed by atoms with Crippen molar-refractivity contribution in [2.75, 3.05) is 13.1 Å². The summed E-state index contributed by atoms with van der Waals surface area (Å²) in [6, 6.07) is 3.97. The van der Waals surface area contributed by atoms with Gasteiger partial charge in [-0.3, -0.25) is 4.98 Å². The summed E-state index contributed by atoms with van der Waals surface area (Å²) >= 11 is 0. The average molecular weight is 200 g/mol. The summed E-state index contributed by atoms with van der Waals surface area (Å²) in [6.07, 6.45) is 4.63. The average Bonchev–Trinajstić information content (AvgIpc) is 2.55. The van der Waals surface area contributed by atoms with Gasteiger partial charge in [-0.1, -0.05) is 6.07 Å². The van der Waals surface area contributed by atoms with E-state index < -0.39 is 0 Å². The molecule has 1 atom stereocenters. The number of halogens is 1. The molecule has 0 radical (unpaired) electrons. The van der Waals surface area contributed by atoms with Gasteiger partial charge < -0.3 is 11.1 Å². The van der Waals surface area contributed by atoms with Gasteiger partial charge >= 0.3 is 0 Å². The summed E-state index contributed by atoms with van der Waals surface area (Å²) in [7, 11) is 0. The van der Waals surface area contributed by atoms with Gasteiger partial charge in [-0.05, 0) is 24.6 Å². The second-order valence-electron chi connectivity index (χ2n) is 3.32. The molecule has 0 aliphatic carbocycles. The molecule has 1 aliphatic rings. The normalized spacial score (nSPS) is 26.8. The summed E-state index contributed by atoms with van der Waals surface area (Å²) in [5.74, 6) is 0. The highest BCUT2D eigenvalue weighted by atomic mass is 35.5. The first-order valence-electron chi connectivity index (χ1n) is 4.21. The van der Waals surface area contributed by atoms with Crippen molar-refractivity contribution < 1.29 is 0 Å². The standard InChI is InChI=1S/C9H13N3.ClH/c10-9(3-5-12-7-9)8-2-1-4-11-6-8;/h1-2,4,6,12H,3,5,7,10H2;1H. The molecular weight excluding hydrogens is 186 g/mol. The van der Waals surface area contributed by atoms with Gasteiger partial charge in [-0.2, -0.15) is 0 Å². The first-order chi connectivity index (χ1) is 5.81. The summed E-state index contributed by atoms with van der Waals surface area (Å²) in [6.45, 7) is 1.87. The van der Waals surface area contributed by atoms with Gasteiger partial charge in [0.1, 0.15) is 0 Å². The van der Waals surface area contributed by atoms with Gasteiger partial charge in [0.25, 0.3) is 0 Å². The predicted octanol–water partition coefficient (Wildman–Crippen LogP) is 0.651. The van der Waals surface area contributed by atoms with Crippen molar-refractivity contribution in [1.82, 2.24) is 10.3 Å². The van der Waals surface area contributed by atoms with Crippen LogP contribution >= 0.6 is 12.4 Å². The summed E-state index contributed by atoms with van der Waals surface area (Å²) in [5, 5.41) is 3.26. The lowest BCUT2D eigenvalue weighted by atomic mass is 9.92. The van der Waals surface area contributed by atoms with Crippen molar-refractivity contribution in [2.45, 2.75) is 12.0 Å². The summed E-state index contributed by atoms with van der Waals surface area (Å²) in [5.41, 5.74) is 7.13. The van der Waals surface area contributed by atoms with Crippen LogP contribution < -0.4 is 11.1 Å². The van der Waals surface area contributed by atoms with Crippen molar-refractivity contribution in [1.29, 1.82) is 0 Å². The number of hydrogen-bond donors (Lipinski definition) is 2. The number of pyridine rings is 1. The lowest BCUT2D eigenvalue weighted by Crippen LogP contribution is -2.38. The number of hydrogen-bond acceptors (Lipinski definition) is 3. The highest BCUT2D eigenvalue weighted by Gasteiger charge is 2.30. The minimum atomic E-state index is -0.186. The van der Waals surface area contributed by atoms with Gasteiger partial charge in [0.2, 0.25) is 0 Å². The third-order valence-electron chi connectivity index (χ3n) is 2.42. The van der Waals surface area contributed by atoms with Gasteiger partial charge in [0, 0.05) is 18.9 Å². The molecule has 1 unspecified atom stereocenters. The van der Waals surface area contributed by atoms with Crippen LogP contribution in [0.4, 0.5) is 0 Å². The van der Waals surface area contributed by atoms with Gasteiger partial charge in [-0.25, -0.2) is 0 Å². The first-order valence-corrected chi connectivity index (χ1v) is 4.21. The van der Waals surface area contributed by atoms with Crippen LogP contribution in [0, 0.1) is 0 Å². The molecule has 2 heterocycles. The molecular formula is C9H14ClN3. The predicted molar refractivity (Wildman–Crippen MR) is 54.8 cm³/mol. The molecule has 0 spiro atoms. The Morgan fingerprint density at radius 1 is 1.54 bits per heavy atom. The molecule has 0 bridgehead atoms. The molecule has 0 aromatic carbocycles. The minimum Gasteiger partial charge on any atom is -0.320 e. The Kier molecular flexibility index (Phi) is 3.25. The Hall–Kier alpha value is -0.640. The Morgan fingerprint density at radius 3 is 2.92 bits per heavy atom. The lowest BCUT2D eigenvalue weighted by Gasteiger charge is -2.22. The third-order valence-corrected chi connectivity index (χ3v) is 2.42. The van der Waals surface area contributed by atoms with Crippen molar-refractivity contribution >= 4 is 12.4 Å². The van der Waals surface area contributed by atoms with E-state index in [0.29, 0.717) is 0 Å². The SMILES string of the molecule is Cl.NC1(c2cccnc2)CCNC1. The second-order valence-corrected chi connectivity index (χ2v) is 3.32. The third kappa shape index (κ3) is 1.99. The highest BCUT2D eigenvalue weighted by molar-refractivity contribution is 5.85. The highest BCUT2D eigenvalue weighted by Crippen LogP contribution is 2.23. The van der Waals surface area contributed by atoms with E-state index in [-0.39, 0.29) is 17.9 Å². The van der Waals surface area contributed by atoms with Gasteiger partial charge in [0.15, 0.2) is 0 Å². The van der Waals surface area contributed by atoms with E-state index in [4.69, 9.17) is 5.73 Å². The zero-order chi connectivity index (χ0) is 8.44. The minimum absolute atomic E-state index is 0. The number of nitrogens with zero attached hydrogens (tertiary/aromatic N) is 1. The smallest absolute Gasteiger partial charge is 0.0563 e.